The summed E-state index contributed by atoms with van der Waals surface area (Å²) in [7, 11) is 0. The van der Waals surface area contributed by atoms with E-state index in [2.05, 4.69) is 0 Å². The molecule has 0 aromatic heterocycles. The van der Waals surface area contributed by atoms with Crippen LogP contribution in [-0.4, -0.2) is 17.2 Å². The van der Waals surface area contributed by atoms with E-state index in [1.165, 1.54) is 0 Å². The van der Waals surface area contributed by atoms with E-state index in [1.54, 1.807) is 30.3 Å². The summed E-state index contributed by atoms with van der Waals surface area (Å²) in [6.07, 6.45) is -0.981. The molecule has 0 spiro atoms. The van der Waals surface area contributed by atoms with E-state index in [4.69, 9.17) is 9.84 Å². The molecule has 7 heteroatoms. The fourth-order valence-electron chi connectivity index (χ4n) is 1.68. The van der Waals surface area contributed by atoms with E-state index >= 15 is 0 Å². The summed E-state index contributed by atoms with van der Waals surface area (Å²) in [5, 5.41) is 10.8. The number of amides is 1. The molecule has 0 radical (unpaired) electrons. The highest BCUT2D eigenvalue weighted by Gasteiger charge is 2.17. The van der Waals surface area contributed by atoms with Gasteiger partial charge in [0.2, 0.25) is 0 Å². The number of aromatic carboxylic acids is 1. The van der Waals surface area contributed by atoms with Crippen molar-refractivity contribution in [2.45, 2.75) is 6.61 Å². The molecule has 2 N–H and O–H groups in total. The van der Waals surface area contributed by atoms with Crippen LogP contribution in [0.25, 0.3) is 0 Å². The van der Waals surface area contributed by atoms with Gasteiger partial charge in [-0.05, 0) is 11.6 Å². The SMILES string of the molecule is O=C(Nc1cc(C(=O)O)c(F)cc1F)OCc1ccccc1. The van der Waals surface area contributed by atoms with E-state index in [9.17, 15) is 18.4 Å². The molecule has 2 aromatic rings. The topological polar surface area (TPSA) is 75.6 Å². The summed E-state index contributed by atoms with van der Waals surface area (Å²) in [6.45, 7) is -0.0404. The number of carboxylic acids is 1. The average molecular weight is 307 g/mol. The lowest BCUT2D eigenvalue weighted by Gasteiger charge is -2.09. The first-order valence-electron chi connectivity index (χ1n) is 6.17. The Morgan fingerprint density at radius 3 is 2.41 bits per heavy atom. The maximum Gasteiger partial charge on any atom is 0.412 e. The lowest BCUT2D eigenvalue weighted by molar-refractivity contribution is 0.0691. The summed E-state index contributed by atoms with van der Waals surface area (Å²) in [6, 6.07) is 9.85. The quantitative estimate of drug-likeness (QED) is 0.907. The Balaban J connectivity index is 2.05. The van der Waals surface area contributed by atoms with Crippen molar-refractivity contribution in [1.82, 2.24) is 0 Å². The van der Waals surface area contributed by atoms with Gasteiger partial charge < -0.3 is 9.84 Å². The molecule has 0 saturated carbocycles. The number of carbonyl (C=O) groups excluding carboxylic acids is 1. The number of halogens is 2. The number of benzene rings is 2. The molecule has 1 amide bonds. The second-order valence-corrected chi connectivity index (χ2v) is 4.30. The Morgan fingerprint density at radius 2 is 1.77 bits per heavy atom. The van der Waals surface area contributed by atoms with Crippen LogP contribution in [0, 0.1) is 11.6 Å². The molecule has 0 fully saturated rings. The standard InChI is InChI=1S/C15H11F2NO4/c16-11-7-12(17)13(6-10(11)14(19)20)18-15(21)22-8-9-4-2-1-3-5-9/h1-7H,8H2,(H,18,21)(H,19,20). The van der Waals surface area contributed by atoms with Crippen LogP contribution in [0.5, 0.6) is 0 Å². The van der Waals surface area contributed by atoms with Crippen molar-refractivity contribution in [1.29, 1.82) is 0 Å². The highest BCUT2D eigenvalue weighted by atomic mass is 19.1. The van der Waals surface area contributed by atoms with Crippen LogP contribution in [0.1, 0.15) is 15.9 Å². The lowest BCUT2D eigenvalue weighted by atomic mass is 10.2. The molecule has 0 aliphatic heterocycles. The van der Waals surface area contributed by atoms with Gasteiger partial charge in [0, 0.05) is 6.07 Å². The largest absolute Gasteiger partial charge is 0.478 e. The molecule has 0 atom stereocenters. The Morgan fingerprint density at radius 1 is 1.09 bits per heavy atom. The van der Waals surface area contributed by atoms with E-state index in [-0.39, 0.29) is 6.61 Å². The third kappa shape index (κ3) is 3.78. The first kappa shape index (κ1) is 15.4. The van der Waals surface area contributed by atoms with Crippen molar-refractivity contribution in [2.24, 2.45) is 0 Å². The maximum absolute atomic E-state index is 13.5. The number of anilines is 1. The Kier molecular flexibility index (Phi) is 4.67. The number of hydrogen-bond donors (Lipinski definition) is 2. The van der Waals surface area contributed by atoms with Crippen molar-refractivity contribution in [3.63, 3.8) is 0 Å². The van der Waals surface area contributed by atoms with Crippen LogP contribution >= 0.6 is 0 Å². The first-order chi connectivity index (χ1) is 10.5. The Hall–Kier alpha value is -2.96. The molecule has 114 valence electrons. The zero-order valence-corrected chi connectivity index (χ0v) is 11.2. The summed E-state index contributed by atoms with van der Waals surface area (Å²) in [4.78, 5) is 22.3. The van der Waals surface area contributed by atoms with Gasteiger partial charge in [0.1, 0.15) is 18.2 Å². The predicted octanol–water partition coefficient (Wildman–Crippen LogP) is 3.41. The number of carbonyl (C=O) groups is 2. The van der Waals surface area contributed by atoms with Crippen molar-refractivity contribution in [3.8, 4) is 0 Å². The molecule has 0 aliphatic carbocycles. The number of hydrogen-bond acceptors (Lipinski definition) is 3. The molecule has 22 heavy (non-hydrogen) atoms. The average Bonchev–Trinajstić information content (AvgIpc) is 2.48. The second-order valence-electron chi connectivity index (χ2n) is 4.30. The highest BCUT2D eigenvalue weighted by Crippen LogP contribution is 2.20. The fraction of sp³-hybridized carbons (Fsp3) is 0.0667. The minimum Gasteiger partial charge on any atom is -0.478 e. The van der Waals surface area contributed by atoms with Crippen molar-refractivity contribution < 1.29 is 28.2 Å². The molecule has 0 heterocycles. The minimum absolute atomic E-state index is 0.0404. The molecule has 2 aromatic carbocycles. The highest BCUT2D eigenvalue weighted by molar-refractivity contribution is 5.91. The van der Waals surface area contributed by atoms with Gasteiger partial charge in [0.25, 0.3) is 0 Å². The van der Waals surface area contributed by atoms with Gasteiger partial charge >= 0.3 is 12.1 Å². The first-order valence-corrected chi connectivity index (χ1v) is 6.17. The van der Waals surface area contributed by atoms with Gasteiger partial charge in [0.05, 0.1) is 11.3 Å². The zero-order chi connectivity index (χ0) is 16.1. The summed E-state index contributed by atoms with van der Waals surface area (Å²) < 4.78 is 31.6. The molecule has 2 rings (SSSR count). The molecular weight excluding hydrogens is 296 g/mol. The van der Waals surface area contributed by atoms with Crippen molar-refractivity contribution in [3.05, 3.63) is 65.2 Å². The van der Waals surface area contributed by atoms with Crippen molar-refractivity contribution in [2.75, 3.05) is 5.32 Å². The predicted molar refractivity (Wildman–Crippen MR) is 73.6 cm³/mol. The lowest BCUT2D eigenvalue weighted by Crippen LogP contribution is -2.15. The second kappa shape index (κ2) is 6.66. The number of ether oxygens (including phenoxy) is 1. The van der Waals surface area contributed by atoms with Gasteiger partial charge in [-0.15, -0.1) is 0 Å². The summed E-state index contributed by atoms with van der Waals surface area (Å²) in [5.41, 5.74) is -0.500. The molecule has 0 unspecified atom stereocenters. The number of rotatable bonds is 4. The fourth-order valence-corrected chi connectivity index (χ4v) is 1.68. The van der Waals surface area contributed by atoms with E-state index < -0.39 is 34.9 Å². The summed E-state index contributed by atoms with van der Waals surface area (Å²) in [5.74, 6) is -3.90. The summed E-state index contributed by atoms with van der Waals surface area (Å²) >= 11 is 0. The van der Waals surface area contributed by atoms with Crippen LogP contribution in [0.4, 0.5) is 19.3 Å². The zero-order valence-electron chi connectivity index (χ0n) is 11.2. The third-order valence-corrected chi connectivity index (χ3v) is 2.74. The molecule has 0 bridgehead atoms. The monoisotopic (exact) mass is 307 g/mol. The van der Waals surface area contributed by atoms with Gasteiger partial charge in [-0.2, -0.15) is 0 Å². The van der Waals surface area contributed by atoms with E-state index in [1.807, 2.05) is 5.32 Å². The van der Waals surface area contributed by atoms with Gasteiger partial charge in [-0.1, -0.05) is 30.3 Å². The van der Waals surface area contributed by atoms with Gasteiger partial charge in [0.15, 0.2) is 0 Å². The smallest absolute Gasteiger partial charge is 0.412 e. The maximum atomic E-state index is 13.5. The van der Waals surface area contributed by atoms with Crippen LogP contribution in [0.15, 0.2) is 42.5 Å². The van der Waals surface area contributed by atoms with E-state index in [0.717, 1.165) is 5.56 Å². The number of nitrogens with one attached hydrogen (secondary N) is 1. The van der Waals surface area contributed by atoms with Crippen LogP contribution in [0.3, 0.4) is 0 Å². The molecular formula is C15H11F2NO4. The Bertz CT molecular complexity index is 704. The normalized spacial score (nSPS) is 10.1. The molecule has 0 saturated heterocycles. The van der Waals surface area contributed by atoms with E-state index in [0.29, 0.717) is 12.1 Å². The van der Waals surface area contributed by atoms with Crippen LogP contribution in [0.2, 0.25) is 0 Å². The van der Waals surface area contributed by atoms with Crippen LogP contribution in [-0.2, 0) is 11.3 Å². The Labute approximate surface area is 124 Å². The van der Waals surface area contributed by atoms with Crippen molar-refractivity contribution >= 4 is 17.7 Å². The molecule has 0 aliphatic rings. The van der Waals surface area contributed by atoms with Crippen LogP contribution < -0.4 is 5.32 Å². The minimum atomic E-state index is -1.57. The third-order valence-electron chi connectivity index (χ3n) is 2.74. The number of carboxylic acid groups (broad SMARTS) is 1. The van der Waals surface area contributed by atoms with Gasteiger partial charge in [-0.25, -0.2) is 18.4 Å². The van der Waals surface area contributed by atoms with Gasteiger partial charge in [-0.3, -0.25) is 5.32 Å². The molecule has 5 nitrogen and oxygen atoms in total.